The molecule has 2 aromatic rings. The number of hydrogen-bond acceptors (Lipinski definition) is 2. The van der Waals surface area contributed by atoms with E-state index in [0.717, 1.165) is 0 Å². The molecule has 0 saturated carbocycles. The Morgan fingerprint density at radius 3 is 2.70 bits per heavy atom. The first-order valence-corrected chi connectivity index (χ1v) is 6.90. The van der Waals surface area contributed by atoms with Crippen LogP contribution in [0.25, 0.3) is 0 Å². The molecule has 0 N–H and O–H groups in total. The lowest BCUT2D eigenvalue weighted by Crippen LogP contribution is -2.37. The molecule has 1 aliphatic rings. The van der Waals surface area contributed by atoms with Crippen LogP contribution in [0.4, 0.5) is 5.69 Å². The lowest BCUT2D eigenvalue weighted by atomic mass is 10.1. The van der Waals surface area contributed by atoms with Crippen molar-refractivity contribution in [3.63, 3.8) is 0 Å². The van der Waals surface area contributed by atoms with Gasteiger partial charge in [0, 0.05) is 15.6 Å². The second-order valence-corrected chi connectivity index (χ2v) is 5.30. The third-order valence-electron chi connectivity index (χ3n) is 3.10. The molecule has 0 saturated heterocycles. The molecule has 1 heterocycles. The monoisotopic (exact) mass is 307 g/mol. The number of halogens is 2. The summed E-state index contributed by atoms with van der Waals surface area (Å²) in [5.41, 5.74) is 1.24. The van der Waals surface area contributed by atoms with E-state index in [1.54, 1.807) is 47.4 Å². The highest BCUT2D eigenvalue weighted by molar-refractivity contribution is 6.31. The maximum Gasteiger partial charge on any atom is 0.258 e. The molecule has 1 aliphatic heterocycles. The number of anilines is 1. The smallest absolute Gasteiger partial charge is 0.258 e. The number of carbonyl (C=O) groups excluding carboxylic acids is 1. The quantitative estimate of drug-likeness (QED) is 0.796. The van der Waals surface area contributed by atoms with Gasteiger partial charge < -0.3 is 9.64 Å². The normalized spacial score (nSPS) is 13.6. The van der Waals surface area contributed by atoms with Gasteiger partial charge in [0.05, 0.1) is 12.2 Å². The van der Waals surface area contributed by atoms with E-state index in [2.05, 4.69) is 0 Å². The summed E-state index contributed by atoms with van der Waals surface area (Å²) in [6.07, 6.45) is 0. The number of carbonyl (C=O) groups is 1. The molecule has 0 fully saturated rings. The fraction of sp³-hybridized carbons (Fsp3) is 0.133. The van der Waals surface area contributed by atoms with E-state index in [-0.39, 0.29) is 5.91 Å². The molecular formula is C15H11Cl2NO2. The number of fused-ring (bicyclic) bond motifs is 1. The average molecular weight is 308 g/mol. The van der Waals surface area contributed by atoms with Crippen LogP contribution < -0.4 is 9.64 Å². The second-order valence-electron chi connectivity index (χ2n) is 4.43. The molecule has 0 spiro atoms. The molecule has 3 nitrogen and oxygen atoms in total. The maximum atomic E-state index is 12.6. The Bertz CT molecular complexity index is 673. The zero-order valence-corrected chi connectivity index (χ0v) is 12.0. The van der Waals surface area contributed by atoms with Crippen molar-refractivity contribution >= 4 is 34.8 Å². The van der Waals surface area contributed by atoms with Crippen LogP contribution >= 0.6 is 23.2 Å². The van der Waals surface area contributed by atoms with Gasteiger partial charge in [-0.2, -0.15) is 0 Å². The van der Waals surface area contributed by atoms with E-state index in [1.807, 2.05) is 0 Å². The molecule has 5 heteroatoms. The lowest BCUT2D eigenvalue weighted by Gasteiger charge is -2.29. The molecule has 2 aromatic carbocycles. The number of amides is 1. The number of rotatable bonds is 1. The number of ether oxygens (including phenoxy) is 1. The molecular weight excluding hydrogens is 297 g/mol. The molecule has 1 amide bonds. The number of benzene rings is 2. The van der Waals surface area contributed by atoms with E-state index < -0.39 is 0 Å². The van der Waals surface area contributed by atoms with Crippen molar-refractivity contribution in [3.05, 3.63) is 58.1 Å². The van der Waals surface area contributed by atoms with Gasteiger partial charge in [0.15, 0.2) is 0 Å². The fourth-order valence-corrected chi connectivity index (χ4v) is 2.54. The molecule has 0 atom stereocenters. The summed E-state index contributed by atoms with van der Waals surface area (Å²) in [4.78, 5) is 14.3. The van der Waals surface area contributed by atoms with E-state index in [1.165, 1.54) is 0 Å². The standard InChI is InChI=1S/C15H11Cl2NO2/c16-11-3-1-2-10(8-11)15(19)18-6-7-20-14-5-4-12(17)9-13(14)18/h1-5,8-9H,6-7H2. The van der Waals surface area contributed by atoms with Gasteiger partial charge in [0.25, 0.3) is 5.91 Å². The molecule has 20 heavy (non-hydrogen) atoms. The summed E-state index contributed by atoms with van der Waals surface area (Å²) in [6, 6.07) is 12.1. The molecule has 0 aliphatic carbocycles. The number of nitrogens with zero attached hydrogens (tertiary/aromatic N) is 1. The largest absolute Gasteiger partial charge is 0.490 e. The van der Waals surface area contributed by atoms with Crippen molar-refractivity contribution in [2.24, 2.45) is 0 Å². The van der Waals surface area contributed by atoms with Crippen LogP contribution in [0, 0.1) is 0 Å². The van der Waals surface area contributed by atoms with Crippen molar-refractivity contribution < 1.29 is 9.53 Å². The summed E-state index contributed by atoms with van der Waals surface area (Å²) < 4.78 is 5.54. The van der Waals surface area contributed by atoms with Crippen LogP contribution in [-0.4, -0.2) is 19.1 Å². The number of hydrogen-bond donors (Lipinski definition) is 0. The van der Waals surface area contributed by atoms with Crippen LogP contribution in [0.1, 0.15) is 10.4 Å². The highest BCUT2D eigenvalue weighted by atomic mass is 35.5. The van der Waals surface area contributed by atoms with Crippen molar-refractivity contribution in [3.8, 4) is 5.75 Å². The Balaban J connectivity index is 2.00. The van der Waals surface area contributed by atoms with Crippen molar-refractivity contribution in [2.75, 3.05) is 18.1 Å². The third kappa shape index (κ3) is 2.47. The predicted molar refractivity (Wildman–Crippen MR) is 80.1 cm³/mol. The minimum atomic E-state index is -0.112. The van der Waals surface area contributed by atoms with Crippen LogP contribution in [0.2, 0.25) is 10.0 Å². The maximum absolute atomic E-state index is 12.6. The van der Waals surface area contributed by atoms with E-state index in [0.29, 0.717) is 40.2 Å². The predicted octanol–water partition coefficient (Wildman–Crippen LogP) is 4.03. The molecule has 0 unspecified atom stereocenters. The Labute approximate surface area is 126 Å². The molecule has 0 aromatic heterocycles. The van der Waals surface area contributed by atoms with Crippen LogP contribution in [0.15, 0.2) is 42.5 Å². The Kier molecular flexibility index (Phi) is 3.55. The van der Waals surface area contributed by atoms with Gasteiger partial charge in [-0.1, -0.05) is 29.3 Å². The molecule has 0 bridgehead atoms. The zero-order chi connectivity index (χ0) is 14.1. The van der Waals surface area contributed by atoms with Crippen LogP contribution in [-0.2, 0) is 0 Å². The van der Waals surface area contributed by atoms with E-state index >= 15 is 0 Å². The Morgan fingerprint density at radius 2 is 1.90 bits per heavy atom. The minimum Gasteiger partial charge on any atom is -0.490 e. The SMILES string of the molecule is O=C(c1cccc(Cl)c1)N1CCOc2ccc(Cl)cc21. The van der Waals surface area contributed by atoms with Gasteiger partial charge in [0.2, 0.25) is 0 Å². The highest BCUT2D eigenvalue weighted by Crippen LogP contribution is 2.34. The van der Waals surface area contributed by atoms with Crippen molar-refractivity contribution in [1.82, 2.24) is 0 Å². The fourth-order valence-electron chi connectivity index (χ4n) is 2.18. The van der Waals surface area contributed by atoms with Gasteiger partial charge in [-0.05, 0) is 36.4 Å². The first-order chi connectivity index (χ1) is 9.65. The summed E-state index contributed by atoms with van der Waals surface area (Å²) in [6.45, 7) is 0.944. The zero-order valence-electron chi connectivity index (χ0n) is 10.5. The van der Waals surface area contributed by atoms with Crippen LogP contribution in [0.5, 0.6) is 5.75 Å². The summed E-state index contributed by atoms with van der Waals surface area (Å²) in [5.74, 6) is 0.551. The highest BCUT2D eigenvalue weighted by Gasteiger charge is 2.25. The third-order valence-corrected chi connectivity index (χ3v) is 3.57. The first-order valence-electron chi connectivity index (χ1n) is 6.15. The van der Waals surface area contributed by atoms with Gasteiger partial charge in [-0.25, -0.2) is 0 Å². The van der Waals surface area contributed by atoms with E-state index in [9.17, 15) is 4.79 Å². The summed E-state index contributed by atoms with van der Waals surface area (Å²) >= 11 is 11.9. The molecule has 0 radical (unpaired) electrons. The van der Waals surface area contributed by atoms with Gasteiger partial charge in [-0.15, -0.1) is 0 Å². The van der Waals surface area contributed by atoms with Gasteiger partial charge >= 0.3 is 0 Å². The minimum absolute atomic E-state index is 0.112. The molecule has 3 rings (SSSR count). The van der Waals surface area contributed by atoms with Crippen LogP contribution in [0.3, 0.4) is 0 Å². The first kappa shape index (κ1) is 13.3. The second kappa shape index (κ2) is 5.35. The molecule has 102 valence electrons. The average Bonchev–Trinajstić information content (AvgIpc) is 2.46. The Morgan fingerprint density at radius 1 is 1.10 bits per heavy atom. The van der Waals surface area contributed by atoms with Gasteiger partial charge in [0.1, 0.15) is 12.4 Å². The summed E-state index contributed by atoms with van der Waals surface area (Å²) in [5, 5.41) is 1.11. The van der Waals surface area contributed by atoms with E-state index in [4.69, 9.17) is 27.9 Å². The van der Waals surface area contributed by atoms with Crippen molar-refractivity contribution in [2.45, 2.75) is 0 Å². The lowest BCUT2D eigenvalue weighted by molar-refractivity contribution is 0.0976. The van der Waals surface area contributed by atoms with Crippen molar-refractivity contribution in [1.29, 1.82) is 0 Å². The summed E-state index contributed by atoms with van der Waals surface area (Å²) in [7, 11) is 0. The van der Waals surface area contributed by atoms with Gasteiger partial charge in [-0.3, -0.25) is 4.79 Å². The topological polar surface area (TPSA) is 29.5 Å². The Hall–Kier alpha value is -1.71.